The monoisotopic (exact) mass is 373 g/mol. The molecule has 0 saturated heterocycles. The fraction of sp³-hybridized carbons (Fsp3) is 0.429. The van der Waals surface area contributed by atoms with Gasteiger partial charge in [0.2, 0.25) is 5.91 Å². The summed E-state index contributed by atoms with van der Waals surface area (Å²) in [4.78, 5) is 51.0. The number of ether oxygens (including phenoxy) is 1. The van der Waals surface area contributed by atoms with Crippen LogP contribution in [0.25, 0.3) is 6.08 Å². The first kappa shape index (κ1) is 20.1. The number of aromatic nitrogens is 2. The second-order valence-electron chi connectivity index (χ2n) is 4.64. The van der Waals surface area contributed by atoms with E-state index < -0.39 is 29.2 Å². The van der Waals surface area contributed by atoms with Crippen molar-refractivity contribution in [2.24, 2.45) is 0 Å². The minimum Gasteiger partial charge on any atom is -0.467 e. The fourth-order valence-corrected chi connectivity index (χ4v) is 3.26. The lowest BCUT2D eigenvalue weighted by Gasteiger charge is -2.14. The number of carbonyl (C=O) groups is 2. The molecule has 1 aromatic heterocycles. The van der Waals surface area contributed by atoms with E-state index in [9.17, 15) is 19.2 Å². The summed E-state index contributed by atoms with van der Waals surface area (Å²) < 4.78 is 4.67. The molecule has 24 heavy (non-hydrogen) atoms. The number of methoxy groups -OCH3 is 1. The molecule has 1 amide bonds. The molecule has 0 aliphatic rings. The van der Waals surface area contributed by atoms with Crippen LogP contribution in [0.5, 0.6) is 0 Å². The molecule has 8 nitrogen and oxygen atoms in total. The molecule has 0 aliphatic heterocycles. The zero-order valence-corrected chi connectivity index (χ0v) is 15.1. The Morgan fingerprint density at radius 3 is 2.62 bits per heavy atom. The largest absolute Gasteiger partial charge is 0.467 e. The van der Waals surface area contributed by atoms with E-state index in [0.717, 1.165) is 11.2 Å². The van der Waals surface area contributed by atoms with Crippen LogP contribution in [0.3, 0.4) is 0 Å². The van der Waals surface area contributed by atoms with Gasteiger partial charge in [-0.1, -0.05) is 0 Å². The van der Waals surface area contributed by atoms with Crippen molar-refractivity contribution >= 4 is 41.5 Å². The lowest BCUT2D eigenvalue weighted by atomic mass is 10.2. The third kappa shape index (κ3) is 6.28. The number of rotatable bonds is 8. The van der Waals surface area contributed by atoms with Crippen LogP contribution in [0.4, 0.5) is 0 Å². The highest BCUT2D eigenvalue weighted by Crippen LogP contribution is 2.10. The minimum absolute atomic E-state index is 0.163. The fourth-order valence-electron chi connectivity index (χ4n) is 1.75. The first-order chi connectivity index (χ1) is 11.4. The van der Waals surface area contributed by atoms with Gasteiger partial charge in [-0.15, -0.1) is 11.8 Å². The van der Waals surface area contributed by atoms with Crippen molar-refractivity contribution in [3.8, 4) is 0 Å². The molecule has 1 rings (SSSR count). The second-order valence-corrected chi connectivity index (χ2v) is 6.90. The van der Waals surface area contributed by atoms with Crippen molar-refractivity contribution in [1.82, 2.24) is 15.3 Å². The van der Waals surface area contributed by atoms with Gasteiger partial charge >= 0.3 is 11.7 Å². The van der Waals surface area contributed by atoms with Crippen molar-refractivity contribution in [3.05, 3.63) is 38.2 Å². The highest BCUT2D eigenvalue weighted by Gasteiger charge is 2.20. The van der Waals surface area contributed by atoms with E-state index in [4.69, 9.17) is 0 Å². The average molecular weight is 373 g/mol. The summed E-state index contributed by atoms with van der Waals surface area (Å²) in [5.41, 5.74) is -0.708. The standard InChI is InChI=1S/C14H19N3O5S2/c1-8-9(12(19)17-14(21)15-8)4-5-11(18)16-10(13(20)22-2)6-24-7-23-3/h4-5,10H,6-7H2,1-3H3,(H,16,18)(H2,15,17,19,21)/b5-4+. The van der Waals surface area contributed by atoms with E-state index in [0.29, 0.717) is 11.4 Å². The van der Waals surface area contributed by atoms with Gasteiger partial charge in [-0.25, -0.2) is 9.59 Å². The molecule has 1 atom stereocenters. The summed E-state index contributed by atoms with van der Waals surface area (Å²) in [5, 5.41) is 3.32. The van der Waals surface area contributed by atoms with Gasteiger partial charge in [0.15, 0.2) is 0 Å². The van der Waals surface area contributed by atoms with Crippen LogP contribution >= 0.6 is 23.5 Å². The van der Waals surface area contributed by atoms with E-state index in [1.807, 2.05) is 6.26 Å². The Bertz CT molecular complexity index is 726. The number of aryl methyl sites for hydroxylation is 1. The number of carbonyl (C=O) groups excluding carboxylic acids is 2. The average Bonchev–Trinajstić information content (AvgIpc) is 2.52. The summed E-state index contributed by atoms with van der Waals surface area (Å²) in [6.07, 6.45) is 4.35. The van der Waals surface area contributed by atoms with Crippen LogP contribution in [0.15, 0.2) is 15.7 Å². The zero-order chi connectivity index (χ0) is 18.1. The molecule has 0 bridgehead atoms. The van der Waals surface area contributed by atoms with Crippen molar-refractivity contribution < 1.29 is 14.3 Å². The summed E-state index contributed by atoms with van der Waals surface area (Å²) in [5.74, 6) is -0.700. The third-order valence-corrected chi connectivity index (χ3v) is 5.04. The smallest absolute Gasteiger partial charge is 0.329 e. The van der Waals surface area contributed by atoms with Crippen molar-refractivity contribution in [3.63, 3.8) is 0 Å². The maximum Gasteiger partial charge on any atom is 0.329 e. The Kier molecular flexibility index (Phi) is 8.41. The third-order valence-electron chi connectivity index (χ3n) is 2.87. The molecular formula is C14H19N3O5S2. The van der Waals surface area contributed by atoms with Gasteiger partial charge in [-0.2, -0.15) is 11.8 Å². The van der Waals surface area contributed by atoms with Gasteiger partial charge in [-0.05, 0) is 19.3 Å². The molecule has 1 unspecified atom stereocenters. The van der Waals surface area contributed by atoms with Crippen molar-refractivity contribution in [2.45, 2.75) is 13.0 Å². The highest BCUT2D eigenvalue weighted by molar-refractivity contribution is 8.15. The van der Waals surface area contributed by atoms with Crippen LogP contribution in [0, 0.1) is 6.92 Å². The number of aromatic amines is 2. The Morgan fingerprint density at radius 2 is 2.04 bits per heavy atom. The Hall–Kier alpha value is -1.94. The summed E-state index contributed by atoms with van der Waals surface area (Å²) in [7, 11) is 1.25. The Balaban J connectivity index is 2.80. The molecule has 1 aromatic rings. The summed E-state index contributed by atoms with van der Waals surface area (Å²) in [6, 6.07) is -0.778. The van der Waals surface area contributed by atoms with Gasteiger partial charge in [0.1, 0.15) is 6.04 Å². The molecule has 0 aliphatic carbocycles. The number of nitrogens with one attached hydrogen (secondary N) is 3. The summed E-state index contributed by atoms with van der Waals surface area (Å²) in [6.45, 7) is 1.55. The number of hydrogen-bond donors (Lipinski definition) is 3. The molecule has 132 valence electrons. The van der Waals surface area contributed by atoms with E-state index in [1.165, 1.54) is 24.9 Å². The van der Waals surface area contributed by atoms with Crippen molar-refractivity contribution in [2.75, 3.05) is 24.2 Å². The molecule has 0 saturated carbocycles. The first-order valence-electron chi connectivity index (χ1n) is 6.85. The molecular weight excluding hydrogens is 354 g/mol. The molecule has 3 N–H and O–H groups in total. The van der Waals surface area contributed by atoms with Crippen LogP contribution in [-0.2, 0) is 14.3 Å². The highest BCUT2D eigenvalue weighted by atomic mass is 32.2. The lowest BCUT2D eigenvalue weighted by molar-refractivity contribution is -0.143. The van der Waals surface area contributed by atoms with Gasteiger partial charge < -0.3 is 15.0 Å². The maximum atomic E-state index is 12.0. The van der Waals surface area contributed by atoms with Crippen molar-refractivity contribution in [1.29, 1.82) is 0 Å². The predicted molar refractivity (Wildman–Crippen MR) is 96.2 cm³/mol. The molecule has 0 radical (unpaired) electrons. The number of H-pyrrole nitrogens is 2. The van der Waals surface area contributed by atoms with E-state index in [1.54, 1.807) is 18.7 Å². The normalized spacial score (nSPS) is 12.1. The van der Waals surface area contributed by atoms with Crippen LogP contribution in [0.1, 0.15) is 11.3 Å². The van der Waals surface area contributed by atoms with Gasteiger partial charge in [0.05, 0.1) is 12.7 Å². The lowest BCUT2D eigenvalue weighted by Crippen LogP contribution is -2.42. The van der Waals surface area contributed by atoms with Crippen LogP contribution in [-0.4, -0.2) is 52.1 Å². The summed E-state index contributed by atoms with van der Waals surface area (Å²) >= 11 is 3.11. The SMILES string of the molecule is COC(=O)C(CSCSC)NC(=O)/C=C/c1c(C)[nH]c(=O)[nH]c1=O. The van der Waals surface area contributed by atoms with Crippen LogP contribution < -0.4 is 16.6 Å². The first-order valence-corrected chi connectivity index (χ1v) is 9.40. The Labute approximate surface area is 146 Å². The topological polar surface area (TPSA) is 121 Å². The van der Waals surface area contributed by atoms with E-state index in [-0.39, 0.29) is 5.56 Å². The number of esters is 1. The van der Waals surface area contributed by atoms with E-state index >= 15 is 0 Å². The zero-order valence-electron chi connectivity index (χ0n) is 13.5. The molecule has 0 fully saturated rings. The number of hydrogen-bond acceptors (Lipinski definition) is 7. The minimum atomic E-state index is -0.778. The maximum absolute atomic E-state index is 12.0. The molecule has 10 heteroatoms. The number of amides is 1. The van der Waals surface area contributed by atoms with Gasteiger partial charge in [0, 0.05) is 22.6 Å². The molecule has 1 heterocycles. The van der Waals surface area contributed by atoms with E-state index in [2.05, 4.69) is 20.0 Å². The number of thioether (sulfide) groups is 2. The second kappa shape index (κ2) is 10.0. The predicted octanol–water partition coefficient (Wildman–Crippen LogP) is 0.0963. The quantitative estimate of drug-likeness (QED) is 0.256. The van der Waals surface area contributed by atoms with Gasteiger partial charge in [-0.3, -0.25) is 14.6 Å². The molecule has 0 aromatic carbocycles. The Morgan fingerprint density at radius 1 is 1.33 bits per heavy atom. The van der Waals surface area contributed by atoms with Crippen LogP contribution in [0.2, 0.25) is 0 Å². The molecule has 0 spiro atoms. The van der Waals surface area contributed by atoms with Gasteiger partial charge in [0.25, 0.3) is 5.56 Å².